The standard InChI is InChI=1S/C32H29FN2O5S/c1-38-28-18-21(19-29(39-2)30(28)40-3)17-27(35-31(36)22-9-5-4-6-10-22)32(37)34-24-13-15-25(16-14-24)41-20-23-11-7-8-12-26(23)33/h4-19H,20H2,1-3H3,(H,34,37)(H,35,36)/b27-17-. The SMILES string of the molecule is COc1cc(/C=C(\NC(=O)c2ccccc2)C(=O)Nc2ccc(SCc3ccccc3F)cc2)cc(OC)c1OC. The molecule has 41 heavy (non-hydrogen) atoms. The van der Waals surface area contributed by atoms with E-state index < -0.39 is 11.8 Å². The van der Waals surface area contributed by atoms with Crippen LogP contribution in [0.25, 0.3) is 6.08 Å². The van der Waals surface area contributed by atoms with Crippen molar-refractivity contribution in [2.75, 3.05) is 26.6 Å². The highest BCUT2D eigenvalue weighted by molar-refractivity contribution is 7.98. The zero-order chi connectivity index (χ0) is 29.2. The van der Waals surface area contributed by atoms with Gasteiger partial charge in [-0.3, -0.25) is 9.59 Å². The molecule has 0 saturated heterocycles. The van der Waals surface area contributed by atoms with Gasteiger partial charge in [0.05, 0.1) is 21.3 Å². The summed E-state index contributed by atoms with van der Waals surface area (Å²) in [4.78, 5) is 27.3. The second-order valence-corrected chi connectivity index (χ2v) is 9.74. The lowest BCUT2D eigenvalue weighted by Crippen LogP contribution is -2.30. The number of nitrogens with one attached hydrogen (secondary N) is 2. The van der Waals surface area contributed by atoms with Gasteiger partial charge in [-0.2, -0.15) is 0 Å². The van der Waals surface area contributed by atoms with E-state index in [9.17, 15) is 14.0 Å². The van der Waals surface area contributed by atoms with Crippen molar-refractivity contribution in [1.82, 2.24) is 5.32 Å². The van der Waals surface area contributed by atoms with Crippen molar-refractivity contribution in [2.24, 2.45) is 0 Å². The van der Waals surface area contributed by atoms with E-state index in [1.807, 2.05) is 12.1 Å². The van der Waals surface area contributed by atoms with E-state index in [2.05, 4.69) is 10.6 Å². The van der Waals surface area contributed by atoms with E-state index in [0.29, 0.717) is 45.4 Å². The molecule has 210 valence electrons. The fourth-order valence-corrected chi connectivity index (χ4v) is 4.79. The molecule has 0 aliphatic rings. The molecule has 0 unspecified atom stereocenters. The maximum atomic E-state index is 13.9. The third-order valence-electron chi connectivity index (χ3n) is 5.99. The Morgan fingerprint density at radius 1 is 0.829 bits per heavy atom. The minimum atomic E-state index is -0.533. The minimum absolute atomic E-state index is 0.00568. The van der Waals surface area contributed by atoms with Gasteiger partial charge in [0.2, 0.25) is 5.75 Å². The Morgan fingerprint density at radius 2 is 1.46 bits per heavy atom. The van der Waals surface area contributed by atoms with Crippen molar-refractivity contribution in [3.8, 4) is 17.2 Å². The lowest BCUT2D eigenvalue weighted by molar-refractivity contribution is -0.113. The molecule has 0 fully saturated rings. The number of hydrogen-bond acceptors (Lipinski definition) is 6. The van der Waals surface area contributed by atoms with E-state index in [4.69, 9.17) is 14.2 Å². The Kier molecular flexibility index (Phi) is 10.0. The number of methoxy groups -OCH3 is 3. The van der Waals surface area contributed by atoms with Crippen molar-refractivity contribution in [1.29, 1.82) is 0 Å². The van der Waals surface area contributed by atoms with Crippen LogP contribution in [0.1, 0.15) is 21.5 Å². The number of thioether (sulfide) groups is 1. The summed E-state index contributed by atoms with van der Waals surface area (Å²) in [6.07, 6.45) is 1.53. The molecular formula is C32H29FN2O5S. The highest BCUT2D eigenvalue weighted by Crippen LogP contribution is 2.38. The van der Waals surface area contributed by atoms with Crippen LogP contribution in [-0.4, -0.2) is 33.1 Å². The van der Waals surface area contributed by atoms with Gasteiger partial charge in [-0.1, -0.05) is 36.4 Å². The van der Waals surface area contributed by atoms with Gasteiger partial charge in [0.1, 0.15) is 11.5 Å². The van der Waals surface area contributed by atoms with Crippen LogP contribution >= 0.6 is 11.8 Å². The predicted octanol–water partition coefficient (Wildman–Crippen LogP) is 6.55. The van der Waals surface area contributed by atoms with Crippen LogP contribution in [0.4, 0.5) is 10.1 Å². The number of carbonyl (C=O) groups excluding carboxylic acids is 2. The van der Waals surface area contributed by atoms with E-state index >= 15 is 0 Å². The van der Waals surface area contributed by atoms with E-state index in [-0.39, 0.29) is 11.5 Å². The molecule has 0 aromatic heterocycles. The van der Waals surface area contributed by atoms with Gasteiger partial charge in [0.25, 0.3) is 11.8 Å². The minimum Gasteiger partial charge on any atom is -0.493 e. The van der Waals surface area contributed by atoms with Gasteiger partial charge < -0.3 is 24.8 Å². The molecule has 7 nitrogen and oxygen atoms in total. The van der Waals surface area contributed by atoms with Crippen molar-refractivity contribution < 1.29 is 28.2 Å². The first kappa shape index (κ1) is 29.2. The molecule has 0 atom stereocenters. The molecule has 0 saturated carbocycles. The number of benzene rings is 4. The number of halogens is 1. The van der Waals surface area contributed by atoms with Crippen LogP contribution in [0, 0.1) is 5.82 Å². The number of ether oxygens (including phenoxy) is 3. The fraction of sp³-hybridized carbons (Fsp3) is 0.125. The maximum Gasteiger partial charge on any atom is 0.272 e. The molecule has 0 heterocycles. The molecule has 0 spiro atoms. The molecule has 0 radical (unpaired) electrons. The Hall–Kier alpha value is -4.76. The third-order valence-corrected chi connectivity index (χ3v) is 7.05. The Morgan fingerprint density at radius 3 is 2.07 bits per heavy atom. The van der Waals surface area contributed by atoms with Crippen LogP contribution in [-0.2, 0) is 10.5 Å². The summed E-state index contributed by atoms with van der Waals surface area (Å²) < 4.78 is 30.2. The molecule has 0 aliphatic heterocycles. The highest BCUT2D eigenvalue weighted by Gasteiger charge is 2.18. The van der Waals surface area contributed by atoms with Crippen LogP contribution in [0.3, 0.4) is 0 Å². The van der Waals surface area contributed by atoms with Crippen LogP contribution in [0.5, 0.6) is 17.2 Å². The summed E-state index contributed by atoms with van der Waals surface area (Å²) in [5, 5.41) is 5.55. The van der Waals surface area contributed by atoms with Crippen molar-refractivity contribution in [3.05, 3.63) is 119 Å². The smallest absolute Gasteiger partial charge is 0.272 e. The topological polar surface area (TPSA) is 85.9 Å². The van der Waals surface area contributed by atoms with Crippen molar-refractivity contribution in [2.45, 2.75) is 10.6 Å². The molecule has 4 aromatic rings. The first-order valence-corrected chi connectivity index (χ1v) is 13.6. The fourth-order valence-electron chi connectivity index (χ4n) is 3.90. The summed E-state index contributed by atoms with van der Waals surface area (Å²) in [5.41, 5.74) is 2.08. The molecule has 0 aliphatic carbocycles. The van der Waals surface area contributed by atoms with Crippen LogP contribution < -0.4 is 24.8 Å². The monoisotopic (exact) mass is 572 g/mol. The largest absolute Gasteiger partial charge is 0.493 e. The number of amides is 2. The average molecular weight is 573 g/mol. The number of carbonyl (C=O) groups is 2. The molecule has 4 rings (SSSR count). The van der Waals surface area contributed by atoms with Gasteiger partial charge in [0, 0.05) is 21.9 Å². The lowest BCUT2D eigenvalue weighted by atomic mass is 10.1. The average Bonchev–Trinajstić information content (AvgIpc) is 3.00. The quantitative estimate of drug-likeness (QED) is 0.157. The Bertz CT molecular complexity index is 1520. The van der Waals surface area contributed by atoms with Crippen molar-refractivity contribution >= 4 is 35.3 Å². The zero-order valence-electron chi connectivity index (χ0n) is 22.8. The van der Waals surface area contributed by atoms with Gasteiger partial charge in [0.15, 0.2) is 11.5 Å². The number of anilines is 1. The molecule has 0 bridgehead atoms. The second-order valence-electron chi connectivity index (χ2n) is 8.70. The maximum absolute atomic E-state index is 13.9. The molecule has 4 aromatic carbocycles. The van der Waals surface area contributed by atoms with Crippen LogP contribution in [0.2, 0.25) is 0 Å². The molecule has 2 amide bonds. The van der Waals surface area contributed by atoms with E-state index in [1.54, 1.807) is 72.8 Å². The normalized spacial score (nSPS) is 11.0. The summed E-state index contributed by atoms with van der Waals surface area (Å²) in [5.74, 6) is 0.457. The Labute approximate surface area is 242 Å². The summed E-state index contributed by atoms with van der Waals surface area (Å²) >= 11 is 1.48. The van der Waals surface area contributed by atoms with E-state index in [1.165, 1.54) is 45.2 Å². The summed E-state index contributed by atoms with van der Waals surface area (Å²) in [6.45, 7) is 0. The number of rotatable bonds is 11. The Balaban J connectivity index is 1.57. The third kappa shape index (κ3) is 7.67. The first-order chi connectivity index (χ1) is 19.9. The summed E-state index contributed by atoms with van der Waals surface area (Å²) in [6, 6.07) is 25.8. The van der Waals surface area contributed by atoms with Crippen LogP contribution in [0.15, 0.2) is 102 Å². The lowest BCUT2D eigenvalue weighted by Gasteiger charge is -2.15. The predicted molar refractivity (Wildman–Crippen MR) is 159 cm³/mol. The summed E-state index contributed by atoms with van der Waals surface area (Å²) in [7, 11) is 4.49. The van der Waals surface area contributed by atoms with Gasteiger partial charge >= 0.3 is 0 Å². The van der Waals surface area contributed by atoms with Gasteiger partial charge in [-0.05, 0) is 71.8 Å². The first-order valence-electron chi connectivity index (χ1n) is 12.6. The molecule has 2 N–H and O–H groups in total. The van der Waals surface area contributed by atoms with Crippen molar-refractivity contribution in [3.63, 3.8) is 0 Å². The molecule has 9 heteroatoms. The zero-order valence-corrected chi connectivity index (χ0v) is 23.6. The highest BCUT2D eigenvalue weighted by atomic mass is 32.2. The molecular weight excluding hydrogens is 543 g/mol. The van der Waals surface area contributed by atoms with Gasteiger partial charge in [-0.15, -0.1) is 11.8 Å². The second kappa shape index (κ2) is 14.0. The van der Waals surface area contributed by atoms with E-state index in [0.717, 1.165) is 4.90 Å². The number of hydrogen-bond donors (Lipinski definition) is 2. The van der Waals surface area contributed by atoms with Gasteiger partial charge in [-0.25, -0.2) is 4.39 Å².